The molecule has 0 spiro atoms. The van der Waals surface area contributed by atoms with Crippen LogP contribution in [0.5, 0.6) is 0 Å². The van der Waals surface area contributed by atoms with Crippen LogP contribution in [0.25, 0.3) is 0 Å². The van der Waals surface area contributed by atoms with Crippen molar-refractivity contribution in [1.82, 2.24) is 20.4 Å². The van der Waals surface area contributed by atoms with Crippen LogP contribution in [0, 0.1) is 13.8 Å². The number of rotatable bonds is 4. The predicted molar refractivity (Wildman–Crippen MR) is 58.6 cm³/mol. The molecule has 0 amide bonds. The molecular formula is C11H14N4O. The smallest absolute Gasteiger partial charge is 0.223 e. The van der Waals surface area contributed by atoms with Gasteiger partial charge in [-0.1, -0.05) is 11.2 Å². The minimum atomic E-state index is 0.589. The van der Waals surface area contributed by atoms with Crippen LogP contribution in [0.4, 0.5) is 0 Å². The molecule has 16 heavy (non-hydrogen) atoms. The Bertz CT molecular complexity index is 467. The molecule has 0 aromatic carbocycles. The van der Waals surface area contributed by atoms with Crippen molar-refractivity contribution in [2.45, 2.75) is 26.9 Å². The second-order valence-corrected chi connectivity index (χ2v) is 3.60. The van der Waals surface area contributed by atoms with Gasteiger partial charge in [0.1, 0.15) is 0 Å². The number of aromatic nitrogens is 3. The lowest BCUT2D eigenvalue weighted by molar-refractivity contribution is 0.385. The Labute approximate surface area is 93.9 Å². The molecule has 0 saturated heterocycles. The normalized spacial score (nSPS) is 10.6. The van der Waals surface area contributed by atoms with E-state index < -0.39 is 0 Å². The zero-order valence-corrected chi connectivity index (χ0v) is 9.40. The zero-order chi connectivity index (χ0) is 11.4. The van der Waals surface area contributed by atoms with Crippen LogP contribution in [-0.4, -0.2) is 15.1 Å². The van der Waals surface area contributed by atoms with Crippen molar-refractivity contribution in [2.24, 2.45) is 0 Å². The van der Waals surface area contributed by atoms with Crippen molar-refractivity contribution < 1.29 is 4.52 Å². The van der Waals surface area contributed by atoms with Crippen LogP contribution in [0.2, 0.25) is 0 Å². The summed E-state index contributed by atoms with van der Waals surface area (Å²) in [7, 11) is 0. The van der Waals surface area contributed by atoms with Gasteiger partial charge in [0.15, 0.2) is 5.82 Å². The van der Waals surface area contributed by atoms with E-state index in [1.165, 1.54) is 5.56 Å². The highest BCUT2D eigenvalue weighted by atomic mass is 16.5. The lowest BCUT2D eigenvalue weighted by Gasteiger charge is -2.04. The van der Waals surface area contributed by atoms with E-state index >= 15 is 0 Å². The third kappa shape index (κ3) is 2.64. The average molecular weight is 218 g/mol. The Kier molecular flexibility index (Phi) is 3.26. The van der Waals surface area contributed by atoms with E-state index in [4.69, 9.17) is 4.52 Å². The van der Waals surface area contributed by atoms with Crippen LogP contribution in [0.3, 0.4) is 0 Å². The molecular weight excluding hydrogens is 204 g/mol. The summed E-state index contributed by atoms with van der Waals surface area (Å²) < 4.78 is 4.87. The number of nitrogens with zero attached hydrogens (tertiary/aromatic N) is 3. The van der Waals surface area contributed by atoms with Crippen LogP contribution in [-0.2, 0) is 13.1 Å². The van der Waals surface area contributed by atoms with E-state index in [1.807, 2.05) is 19.1 Å². The molecule has 0 fully saturated rings. The molecule has 0 saturated carbocycles. The van der Waals surface area contributed by atoms with Crippen LogP contribution in [0.15, 0.2) is 22.9 Å². The third-order valence-electron chi connectivity index (χ3n) is 2.26. The van der Waals surface area contributed by atoms with Gasteiger partial charge in [0, 0.05) is 19.7 Å². The van der Waals surface area contributed by atoms with Gasteiger partial charge in [-0.2, -0.15) is 4.98 Å². The highest BCUT2D eigenvalue weighted by Crippen LogP contribution is 2.02. The SMILES string of the molecule is Cc1nc(CNCc2ncccc2C)no1. The van der Waals surface area contributed by atoms with Gasteiger partial charge in [-0.25, -0.2) is 0 Å². The Hall–Kier alpha value is -1.75. The average Bonchev–Trinajstić information content (AvgIpc) is 2.67. The molecule has 0 radical (unpaired) electrons. The largest absolute Gasteiger partial charge is 0.340 e. The number of hydrogen-bond donors (Lipinski definition) is 1. The molecule has 0 aliphatic rings. The second kappa shape index (κ2) is 4.85. The fourth-order valence-electron chi connectivity index (χ4n) is 1.41. The molecule has 2 aromatic heterocycles. The summed E-state index contributed by atoms with van der Waals surface area (Å²) >= 11 is 0. The van der Waals surface area contributed by atoms with Gasteiger partial charge in [0.2, 0.25) is 5.89 Å². The lowest BCUT2D eigenvalue weighted by Crippen LogP contribution is -2.15. The van der Waals surface area contributed by atoms with Crippen molar-refractivity contribution >= 4 is 0 Å². The molecule has 2 aromatic rings. The van der Waals surface area contributed by atoms with Crippen molar-refractivity contribution in [3.8, 4) is 0 Å². The minimum Gasteiger partial charge on any atom is -0.340 e. The van der Waals surface area contributed by atoms with Gasteiger partial charge >= 0.3 is 0 Å². The third-order valence-corrected chi connectivity index (χ3v) is 2.26. The first-order valence-electron chi connectivity index (χ1n) is 5.16. The van der Waals surface area contributed by atoms with E-state index in [-0.39, 0.29) is 0 Å². The maximum atomic E-state index is 4.87. The molecule has 5 nitrogen and oxygen atoms in total. The van der Waals surface area contributed by atoms with Crippen LogP contribution < -0.4 is 5.32 Å². The lowest BCUT2D eigenvalue weighted by atomic mass is 10.2. The van der Waals surface area contributed by atoms with Gasteiger partial charge in [0.05, 0.1) is 12.2 Å². The monoisotopic (exact) mass is 218 g/mol. The van der Waals surface area contributed by atoms with Crippen molar-refractivity contribution in [3.63, 3.8) is 0 Å². The highest BCUT2D eigenvalue weighted by Gasteiger charge is 2.02. The number of aryl methyl sites for hydroxylation is 2. The molecule has 0 unspecified atom stereocenters. The number of hydrogen-bond acceptors (Lipinski definition) is 5. The fraction of sp³-hybridized carbons (Fsp3) is 0.364. The summed E-state index contributed by atoms with van der Waals surface area (Å²) in [4.78, 5) is 8.39. The summed E-state index contributed by atoms with van der Waals surface area (Å²) in [5.74, 6) is 1.26. The van der Waals surface area contributed by atoms with Crippen molar-refractivity contribution in [2.75, 3.05) is 0 Å². The van der Waals surface area contributed by atoms with Gasteiger partial charge < -0.3 is 9.84 Å². The molecule has 0 aliphatic heterocycles. The van der Waals surface area contributed by atoms with E-state index in [1.54, 1.807) is 13.1 Å². The zero-order valence-electron chi connectivity index (χ0n) is 9.40. The van der Waals surface area contributed by atoms with Crippen molar-refractivity contribution in [1.29, 1.82) is 0 Å². The molecule has 84 valence electrons. The first-order valence-corrected chi connectivity index (χ1v) is 5.16. The van der Waals surface area contributed by atoms with Gasteiger partial charge in [-0.3, -0.25) is 4.98 Å². The molecule has 0 bridgehead atoms. The summed E-state index contributed by atoms with van der Waals surface area (Å²) in [6.07, 6.45) is 1.79. The standard InChI is InChI=1S/C11H14N4O/c1-8-4-3-5-13-10(8)6-12-7-11-14-9(2)16-15-11/h3-5,12H,6-7H2,1-2H3. The summed E-state index contributed by atoms with van der Waals surface area (Å²) in [6, 6.07) is 3.98. The molecule has 2 heterocycles. The Morgan fingerprint density at radius 1 is 1.31 bits per heavy atom. The summed E-state index contributed by atoms with van der Waals surface area (Å²) in [6.45, 7) is 5.12. The first kappa shape index (κ1) is 10.8. The molecule has 1 N–H and O–H groups in total. The molecule has 0 atom stereocenters. The van der Waals surface area contributed by atoms with Crippen LogP contribution in [0.1, 0.15) is 23.0 Å². The Balaban J connectivity index is 1.87. The van der Waals surface area contributed by atoms with E-state index in [0.29, 0.717) is 24.8 Å². The van der Waals surface area contributed by atoms with Gasteiger partial charge in [-0.05, 0) is 18.6 Å². The van der Waals surface area contributed by atoms with Crippen molar-refractivity contribution in [3.05, 3.63) is 41.3 Å². The minimum absolute atomic E-state index is 0.589. The summed E-state index contributed by atoms with van der Waals surface area (Å²) in [5.41, 5.74) is 2.22. The Morgan fingerprint density at radius 2 is 2.19 bits per heavy atom. The van der Waals surface area contributed by atoms with E-state index in [9.17, 15) is 0 Å². The summed E-state index contributed by atoms with van der Waals surface area (Å²) in [5, 5.41) is 7.02. The van der Waals surface area contributed by atoms with Gasteiger partial charge in [0.25, 0.3) is 0 Å². The first-order chi connectivity index (χ1) is 7.75. The highest BCUT2D eigenvalue weighted by molar-refractivity contribution is 5.17. The maximum Gasteiger partial charge on any atom is 0.223 e. The Morgan fingerprint density at radius 3 is 2.88 bits per heavy atom. The molecule has 5 heteroatoms. The van der Waals surface area contributed by atoms with E-state index in [0.717, 1.165) is 5.69 Å². The quantitative estimate of drug-likeness (QED) is 0.839. The molecule has 0 aliphatic carbocycles. The maximum absolute atomic E-state index is 4.87. The van der Waals surface area contributed by atoms with Gasteiger partial charge in [-0.15, -0.1) is 0 Å². The number of pyridine rings is 1. The predicted octanol–water partition coefficient (Wildman–Crippen LogP) is 1.37. The van der Waals surface area contributed by atoms with Crippen LogP contribution >= 0.6 is 0 Å². The molecule has 2 rings (SSSR count). The second-order valence-electron chi connectivity index (χ2n) is 3.60. The topological polar surface area (TPSA) is 63.8 Å². The van der Waals surface area contributed by atoms with E-state index in [2.05, 4.69) is 20.4 Å². The fourth-order valence-corrected chi connectivity index (χ4v) is 1.41. The number of nitrogens with one attached hydrogen (secondary N) is 1.